The summed E-state index contributed by atoms with van der Waals surface area (Å²) in [5.41, 5.74) is 10.6. The molecule has 0 aromatic rings. The summed E-state index contributed by atoms with van der Waals surface area (Å²) >= 11 is 0. The van der Waals surface area contributed by atoms with Crippen LogP contribution in [0.15, 0.2) is 23.9 Å². The molecule has 5 nitrogen and oxygen atoms in total. The van der Waals surface area contributed by atoms with Crippen LogP contribution in [0, 0.1) is 0 Å². The van der Waals surface area contributed by atoms with Gasteiger partial charge in [0.1, 0.15) is 11.3 Å². The molecule has 0 aliphatic heterocycles. The summed E-state index contributed by atoms with van der Waals surface area (Å²) < 4.78 is 5.12. The maximum absolute atomic E-state index is 11.5. The van der Waals surface area contributed by atoms with Gasteiger partial charge in [-0.25, -0.2) is 4.79 Å². The molecule has 0 radical (unpaired) electrons. The predicted octanol–water partition coefficient (Wildman–Crippen LogP) is 0.969. The fourth-order valence-corrected chi connectivity index (χ4v) is 1.38. The highest BCUT2D eigenvalue weighted by Gasteiger charge is 2.28. The Labute approximate surface area is 95.5 Å². The molecule has 1 rings (SSSR count). The number of carbonyl (C=O) groups is 1. The molecule has 0 spiro atoms. The van der Waals surface area contributed by atoms with E-state index in [0.717, 1.165) is 0 Å². The summed E-state index contributed by atoms with van der Waals surface area (Å²) in [5, 5.41) is 2.59. The quantitative estimate of drug-likeness (QED) is 0.580. The smallest absolute Gasteiger partial charge is 0.409 e. The van der Waals surface area contributed by atoms with Crippen LogP contribution in [0.2, 0.25) is 0 Å². The Morgan fingerprint density at radius 2 is 2.19 bits per heavy atom. The Balaban J connectivity index is 2.61. The molecule has 0 fully saturated rings. The normalized spacial score (nSPS) is 24.9. The molecule has 1 atom stereocenters. The highest BCUT2D eigenvalue weighted by atomic mass is 16.6. The minimum Gasteiger partial charge on any atom is -0.444 e. The lowest BCUT2D eigenvalue weighted by Gasteiger charge is -2.30. The second-order valence-corrected chi connectivity index (χ2v) is 4.92. The molecule has 90 valence electrons. The Kier molecular flexibility index (Phi) is 3.28. The zero-order valence-corrected chi connectivity index (χ0v) is 9.91. The second-order valence-electron chi connectivity index (χ2n) is 4.92. The number of hydrogen-bond donors (Lipinski definition) is 3. The number of hydrogen-bond acceptors (Lipinski definition) is 4. The average molecular weight is 225 g/mol. The second kappa shape index (κ2) is 4.17. The Bertz CT molecular complexity index is 342. The number of nitrogens with one attached hydrogen (secondary N) is 1. The van der Waals surface area contributed by atoms with Crippen molar-refractivity contribution >= 4 is 6.09 Å². The van der Waals surface area contributed by atoms with Gasteiger partial charge in [0.05, 0.1) is 0 Å². The molecule has 0 aromatic heterocycles. The molecule has 0 saturated carbocycles. The van der Waals surface area contributed by atoms with Gasteiger partial charge in [-0.15, -0.1) is 0 Å². The molecule has 0 bridgehead atoms. The summed E-state index contributed by atoms with van der Waals surface area (Å²) in [4.78, 5) is 11.5. The summed E-state index contributed by atoms with van der Waals surface area (Å²) in [7, 11) is 0. The number of carbonyl (C=O) groups excluding carboxylic acids is 1. The molecule has 0 heterocycles. The van der Waals surface area contributed by atoms with Crippen molar-refractivity contribution in [2.24, 2.45) is 11.5 Å². The number of rotatable bonds is 1. The maximum Gasteiger partial charge on any atom is 0.409 e. The lowest BCUT2D eigenvalue weighted by molar-refractivity contribution is 0.0480. The SMILES string of the molecule is CC(C)(C)OC(=O)NC1(N)C=C(N)C=CC1. The van der Waals surface area contributed by atoms with Crippen molar-refractivity contribution in [2.75, 3.05) is 0 Å². The highest BCUT2D eigenvalue weighted by Crippen LogP contribution is 2.15. The molecule has 0 aromatic carbocycles. The van der Waals surface area contributed by atoms with Gasteiger partial charge >= 0.3 is 6.09 Å². The number of amides is 1. The van der Waals surface area contributed by atoms with Crippen molar-refractivity contribution in [2.45, 2.75) is 38.5 Å². The fraction of sp³-hybridized carbons (Fsp3) is 0.545. The van der Waals surface area contributed by atoms with E-state index < -0.39 is 17.4 Å². The zero-order chi connectivity index (χ0) is 12.4. The van der Waals surface area contributed by atoms with E-state index in [1.807, 2.05) is 6.08 Å². The summed E-state index contributed by atoms with van der Waals surface area (Å²) in [6, 6.07) is 0. The highest BCUT2D eigenvalue weighted by molar-refractivity contribution is 5.69. The average Bonchev–Trinajstić information content (AvgIpc) is 1.96. The molecule has 16 heavy (non-hydrogen) atoms. The topological polar surface area (TPSA) is 90.4 Å². The van der Waals surface area contributed by atoms with Gasteiger partial charge < -0.3 is 16.2 Å². The van der Waals surface area contributed by atoms with Crippen LogP contribution in [-0.2, 0) is 4.74 Å². The van der Waals surface area contributed by atoms with Gasteiger partial charge in [0.25, 0.3) is 0 Å². The van der Waals surface area contributed by atoms with Crippen molar-refractivity contribution in [3.8, 4) is 0 Å². The molecule has 5 heteroatoms. The van der Waals surface area contributed by atoms with Crippen LogP contribution in [0.25, 0.3) is 0 Å². The third-order valence-electron chi connectivity index (χ3n) is 1.92. The van der Waals surface area contributed by atoms with Crippen LogP contribution in [0.5, 0.6) is 0 Å². The van der Waals surface area contributed by atoms with Gasteiger partial charge in [-0.2, -0.15) is 0 Å². The van der Waals surface area contributed by atoms with Gasteiger partial charge in [-0.1, -0.05) is 6.08 Å². The molecule has 5 N–H and O–H groups in total. The van der Waals surface area contributed by atoms with Crippen molar-refractivity contribution in [1.82, 2.24) is 5.32 Å². The van der Waals surface area contributed by atoms with Gasteiger partial charge in [0.15, 0.2) is 0 Å². The van der Waals surface area contributed by atoms with Gasteiger partial charge in [-0.05, 0) is 32.9 Å². The molecular formula is C11H19N3O2. The van der Waals surface area contributed by atoms with E-state index in [4.69, 9.17) is 16.2 Å². The van der Waals surface area contributed by atoms with Gasteiger partial charge in [0.2, 0.25) is 0 Å². The molecule has 1 unspecified atom stereocenters. The third kappa shape index (κ3) is 3.94. The van der Waals surface area contributed by atoms with E-state index in [9.17, 15) is 4.79 Å². The van der Waals surface area contributed by atoms with E-state index in [1.54, 1.807) is 32.9 Å². The van der Waals surface area contributed by atoms with Crippen LogP contribution in [0.3, 0.4) is 0 Å². The Hall–Kier alpha value is -1.49. The lowest BCUT2D eigenvalue weighted by atomic mass is 10.0. The van der Waals surface area contributed by atoms with Crippen LogP contribution < -0.4 is 16.8 Å². The Morgan fingerprint density at radius 3 is 2.69 bits per heavy atom. The van der Waals surface area contributed by atoms with Crippen LogP contribution in [-0.4, -0.2) is 17.4 Å². The molecular weight excluding hydrogens is 206 g/mol. The first-order chi connectivity index (χ1) is 7.20. The van der Waals surface area contributed by atoms with Gasteiger partial charge in [0, 0.05) is 12.1 Å². The maximum atomic E-state index is 11.5. The minimum atomic E-state index is -0.957. The lowest BCUT2D eigenvalue weighted by Crippen LogP contribution is -2.56. The number of alkyl carbamates (subject to hydrolysis) is 1. The fourth-order valence-electron chi connectivity index (χ4n) is 1.38. The van der Waals surface area contributed by atoms with Crippen LogP contribution in [0.1, 0.15) is 27.2 Å². The van der Waals surface area contributed by atoms with E-state index in [0.29, 0.717) is 12.1 Å². The molecule has 1 amide bonds. The molecule has 1 aliphatic carbocycles. The van der Waals surface area contributed by atoms with Crippen molar-refractivity contribution in [3.05, 3.63) is 23.9 Å². The summed E-state index contributed by atoms with van der Waals surface area (Å²) in [6.07, 6.45) is 5.12. The first-order valence-corrected chi connectivity index (χ1v) is 5.15. The monoisotopic (exact) mass is 225 g/mol. The number of nitrogens with two attached hydrogens (primary N) is 2. The van der Waals surface area contributed by atoms with Crippen molar-refractivity contribution in [3.63, 3.8) is 0 Å². The predicted molar refractivity (Wildman–Crippen MR) is 62.3 cm³/mol. The first-order valence-electron chi connectivity index (χ1n) is 5.15. The molecule has 0 saturated heterocycles. The standard InChI is InChI=1S/C11H19N3O2/c1-10(2,3)16-9(15)14-11(13)6-4-5-8(12)7-11/h4-5,7H,6,12-13H2,1-3H3,(H,14,15). The van der Waals surface area contributed by atoms with E-state index >= 15 is 0 Å². The minimum absolute atomic E-state index is 0.493. The summed E-state index contributed by atoms with van der Waals surface area (Å²) in [6.45, 7) is 5.38. The third-order valence-corrected chi connectivity index (χ3v) is 1.92. The largest absolute Gasteiger partial charge is 0.444 e. The van der Waals surface area contributed by atoms with Crippen molar-refractivity contribution in [1.29, 1.82) is 0 Å². The molecule has 1 aliphatic rings. The first kappa shape index (κ1) is 12.6. The van der Waals surface area contributed by atoms with Crippen molar-refractivity contribution < 1.29 is 9.53 Å². The van der Waals surface area contributed by atoms with Crippen LogP contribution >= 0.6 is 0 Å². The number of ether oxygens (including phenoxy) is 1. The van der Waals surface area contributed by atoms with Crippen LogP contribution in [0.4, 0.5) is 4.79 Å². The van der Waals surface area contributed by atoms with E-state index in [2.05, 4.69) is 5.32 Å². The Morgan fingerprint density at radius 1 is 1.56 bits per heavy atom. The zero-order valence-electron chi connectivity index (χ0n) is 9.91. The van der Waals surface area contributed by atoms with Gasteiger partial charge in [-0.3, -0.25) is 5.32 Å². The van der Waals surface area contributed by atoms with E-state index in [-0.39, 0.29) is 0 Å². The van der Waals surface area contributed by atoms with E-state index in [1.165, 1.54) is 0 Å². The summed E-state index contributed by atoms with van der Waals surface area (Å²) in [5.74, 6) is 0. The number of allylic oxidation sites excluding steroid dienone is 1.